The molecule has 3 rings (SSSR count). The van der Waals surface area contributed by atoms with Gasteiger partial charge in [-0.2, -0.15) is 0 Å². The molecule has 1 saturated heterocycles. The standard InChI is InChI=1S/C23H23N3O3S/c1-4-26-21(27)20(7-5-6-16-8-14-19(15-9-16)25(2)3)30-23(26)24-18-12-10-17(11-13-18)22(28)29/h5-15H,4H2,1-3H3,(H,28,29)/b6-5+,20-7-,24-23?. The number of carboxylic acid groups (broad SMARTS) is 1. The molecule has 1 N–H and O–H groups in total. The quantitative estimate of drug-likeness (QED) is 0.689. The van der Waals surface area contributed by atoms with Crippen molar-refractivity contribution in [3.8, 4) is 0 Å². The van der Waals surface area contributed by atoms with Gasteiger partial charge in [0.05, 0.1) is 16.2 Å². The van der Waals surface area contributed by atoms with Crippen LogP contribution in [0.4, 0.5) is 11.4 Å². The van der Waals surface area contributed by atoms with E-state index >= 15 is 0 Å². The van der Waals surface area contributed by atoms with Gasteiger partial charge in [-0.15, -0.1) is 0 Å². The highest BCUT2D eigenvalue weighted by atomic mass is 32.2. The van der Waals surface area contributed by atoms with E-state index in [1.165, 1.54) is 23.9 Å². The van der Waals surface area contributed by atoms with Crippen LogP contribution in [0.1, 0.15) is 22.8 Å². The molecule has 154 valence electrons. The lowest BCUT2D eigenvalue weighted by Crippen LogP contribution is -2.28. The summed E-state index contributed by atoms with van der Waals surface area (Å²) < 4.78 is 0. The van der Waals surface area contributed by atoms with Crippen molar-refractivity contribution in [1.29, 1.82) is 0 Å². The number of amidine groups is 1. The SMILES string of the molecule is CCN1C(=O)/C(=C/C=C/c2ccc(N(C)C)cc2)SC1=Nc1ccc(C(=O)O)cc1. The first-order chi connectivity index (χ1) is 14.4. The molecular weight excluding hydrogens is 398 g/mol. The molecule has 1 fully saturated rings. The molecular formula is C23H23N3O3S. The van der Waals surface area contributed by atoms with Crippen molar-refractivity contribution in [3.63, 3.8) is 0 Å². The molecule has 1 amide bonds. The van der Waals surface area contributed by atoms with Crippen LogP contribution >= 0.6 is 11.8 Å². The maximum absolute atomic E-state index is 12.7. The van der Waals surface area contributed by atoms with Gasteiger partial charge in [0.2, 0.25) is 0 Å². The first kappa shape index (κ1) is 21.4. The molecule has 30 heavy (non-hydrogen) atoms. The summed E-state index contributed by atoms with van der Waals surface area (Å²) in [7, 11) is 3.99. The van der Waals surface area contributed by atoms with Gasteiger partial charge in [-0.25, -0.2) is 9.79 Å². The number of aliphatic imine (C=N–C) groups is 1. The Labute approximate surface area is 180 Å². The van der Waals surface area contributed by atoms with E-state index in [1.807, 2.05) is 62.3 Å². The van der Waals surface area contributed by atoms with Crippen molar-refractivity contribution >= 4 is 46.3 Å². The molecule has 2 aromatic rings. The Hall–Kier alpha value is -3.32. The van der Waals surface area contributed by atoms with Crippen molar-refractivity contribution in [2.45, 2.75) is 6.92 Å². The Kier molecular flexibility index (Phi) is 6.74. The Morgan fingerprint density at radius 1 is 1.13 bits per heavy atom. The lowest BCUT2D eigenvalue weighted by Gasteiger charge is -2.12. The number of aromatic carboxylic acids is 1. The molecule has 2 aromatic carbocycles. The molecule has 0 bridgehead atoms. The maximum atomic E-state index is 12.7. The molecule has 0 spiro atoms. The minimum atomic E-state index is -0.983. The summed E-state index contributed by atoms with van der Waals surface area (Å²) >= 11 is 1.31. The zero-order chi connectivity index (χ0) is 21.7. The van der Waals surface area contributed by atoms with Gasteiger partial charge in [-0.1, -0.05) is 24.3 Å². The van der Waals surface area contributed by atoms with E-state index in [0.717, 1.165) is 11.3 Å². The Morgan fingerprint density at radius 2 is 1.80 bits per heavy atom. The molecule has 0 aliphatic carbocycles. The summed E-state index contributed by atoms with van der Waals surface area (Å²) in [6, 6.07) is 14.4. The highest BCUT2D eigenvalue weighted by Gasteiger charge is 2.31. The smallest absolute Gasteiger partial charge is 0.335 e. The van der Waals surface area contributed by atoms with Gasteiger partial charge in [0.25, 0.3) is 5.91 Å². The lowest BCUT2D eigenvalue weighted by molar-refractivity contribution is -0.122. The first-order valence-corrected chi connectivity index (χ1v) is 10.3. The number of rotatable bonds is 6. The number of hydrogen-bond donors (Lipinski definition) is 1. The second-order valence-corrected chi connectivity index (χ2v) is 7.78. The fraction of sp³-hybridized carbons (Fsp3) is 0.174. The Morgan fingerprint density at radius 3 is 2.37 bits per heavy atom. The van der Waals surface area contributed by atoms with Gasteiger partial charge < -0.3 is 10.0 Å². The van der Waals surface area contributed by atoms with Crippen LogP contribution in [0.5, 0.6) is 0 Å². The van der Waals surface area contributed by atoms with Crippen LogP contribution in [0.25, 0.3) is 6.08 Å². The molecule has 0 radical (unpaired) electrons. The molecule has 0 saturated carbocycles. The average Bonchev–Trinajstić information content (AvgIpc) is 3.03. The zero-order valence-corrected chi connectivity index (χ0v) is 17.9. The third kappa shape index (κ3) is 4.99. The fourth-order valence-corrected chi connectivity index (χ4v) is 3.82. The van der Waals surface area contributed by atoms with Gasteiger partial charge in [0.1, 0.15) is 0 Å². The molecule has 1 aliphatic heterocycles. The van der Waals surface area contributed by atoms with Crippen molar-refractivity contribution < 1.29 is 14.7 Å². The van der Waals surface area contributed by atoms with Crippen LogP contribution in [-0.4, -0.2) is 47.7 Å². The van der Waals surface area contributed by atoms with Crippen molar-refractivity contribution in [2.75, 3.05) is 25.5 Å². The zero-order valence-electron chi connectivity index (χ0n) is 17.1. The van der Waals surface area contributed by atoms with E-state index in [0.29, 0.717) is 22.3 Å². The van der Waals surface area contributed by atoms with Gasteiger partial charge >= 0.3 is 5.97 Å². The van der Waals surface area contributed by atoms with E-state index in [1.54, 1.807) is 23.1 Å². The molecule has 6 nitrogen and oxygen atoms in total. The summed E-state index contributed by atoms with van der Waals surface area (Å²) in [6.45, 7) is 2.40. The van der Waals surface area contributed by atoms with Crippen LogP contribution in [0.15, 0.2) is 70.6 Å². The number of carbonyl (C=O) groups is 2. The van der Waals surface area contributed by atoms with Crippen LogP contribution in [0.3, 0.4) is 0 Å². The van der Waals surface area contributed by atoms with Crippen LogP contribution in [-0.2, 0) is 4.79 Å². The monoisotopic (exact) mass is 421 g/mol. The number of amides is 1. The third-order valence-electron chi connectivity index (χ3n) is 4.49. The van der Waals surface area contributed by atoms with Crippen molar-refractivity contribution in [2.24, 2.45) is 4.99 Å². The number of nitrogens with zero attached hydrogens (tertiary/aromatic N) is 3. The number of hydrogen-bond acceptors (Lipinski definition) is 5. The van der Waals surface area contributed by atoms with Gasteiger partial charge in [-0.05, 0) is 66.7 Å². The maximum Gasteiger partial charge on any atom is 0.335 e. The Balaban J connectivity index is 1.76. The number of anilines is 1. The molecule has 0 aromatic heterocycles. The third-order valence-corrected chi connectivity index (χ3v) is 5.51. The lowest BCUT2D eigenvalue weighted by atomic mass is 10.2. The van der Waals surface area contributed by atoms with Crippen LogP contribution in [0, 0.1) is 0 Å². The highest BCUT2D eigenvalue weighted by molar-refractivity contribution is 8.18. The predicted molar refractivity (Wildman–Crippen MR) is 123 cm³/mol. The normalized spacial score (nSPS) is 16.8. The summed E-state index contributed by atoms with van der Waals surface area (Å²) in [4.78, 5) is 32.4. The minimum absolute atomic E-state index is 0.0870. The summed E-state index contributed by atoms with van der Waals surface area (Å²) in [5, 5.41) is 9.59. The molecule has 0 unspecified atom stereocenters. The second-order valence-electron chi connectivity index (χ2n) is 6.77. The van der Waals surface area contributed by atoms with E-state index < -0.39 is 5.97 Å². The van der Waals surface area contributed by atoms with Gasteiger partial charge in [-0.3, -0.25) is 9.69 Å². The number of carbonyl (C=O) groups excluding carboxylic acids is 1. The van der Waals surface area contributed by atoms with Crippen LogP contribution < -0.4 is 4.90 Å². The summed E-state index contributed by atoms with van der Waals surface area (Å²) in [6.07, 6.45) is 5.62. The number of carboxylic acids is 1. The van der Waals surface area contributed by atoms with Crippen molar-refractivity contribution in [3.05, 3.63) is 76.7 Å². The average molecular weight is 422 g/mol. The Bertz CT molecular complexity index is 1020. The number of benzene rings is 2. The van der Waals surface area contributed by atoms with Crippen LogP contribution in [0.2, 0.25) is 0 Å². The molecule has 7 heteroatoms. The summed E-state index contributed by atoms with van der Waals surface area (Å²) in [5.41, 5.74) is 2.98. The summed E-state index contributed by atoms with van der Waals surface area (Å²) in [5.74, 6) is -1.07. The number of thioether (sulfide) groups is 1. The van der Waals surface area contributed by atoms with Crippen molar-refractivity contribution in [1.82, 2.24) is 4.90 Å². The minimum Gasteiger partial charge on any atom is -0.478 e. The van der Waals surface area contributed by atoms with E-state index in [-0.39, 0.29) is 11.5 Å². The first-order valence-electron chi connectivity index (χ1n) is 9.46. The largest absolute Gasteiger partial charge is 0.478 e. The number of likely N-dealkylation sites (N-methyl/N-ethyl adjacent to an activating group) is 1. The molecule has 1 heterocycles. The fourth-order valence-electron chi connectivity index (χ4n) is 2.80. The topological polar surface area (TPSA) is 73.2 Å². The second kappa shape index (κ2) is 9.45. The highest BCUT2D eigenvalue weighted by Crippen LogP contribution is 2.32. The predicted octanol–water partition coefficient (Wildman–Crippen LogP) is 4.63. The van der Waals surface area contributed by atoms with E-state index in [9.17, 15) is 9.59 Å². The molecule has 0 atom stereocenters. The van der Waals surface area contributed by atoms with Gasteiger partial charge in [0.15, 0.2) is 5.17 Å². The van der Waals surface area contributed by atoms with Gasteiger partial charge in [0, 0.05) is 26.3 Å². The number of allylic oxidation sites excluding steroid dienone is 2. The van der Waals surface area contributed by atoms with E-state index in [2.05, 4.69) is 4.99 Å². The van der Waals surface area contributed by atoms with E-state index in [4.69, 9.17) is 5.11 Å². The molecule has 1 aliphatic rings.